The van der Waals surface area contributed by atoms with Crippen LogP contribution < -0.4 is 14.8 Å². The Labute approximate surface area is 176 Å². The quantitative estimate of drug-likeness (QED) is 0.456. The first-order chi connectivity index (χ1) is 14.1. The zero-order chi connectivity index (χ0) is 20.6. The highest BCUT2D eigenvalue weighted by atomic mass is 35.5. The molecule has 0 radical (unpaired) electrons. The van der Waals surface area contributed by atoms with Crippen molar-refractivity contribution in [3.63, 3.8) is 0 Å². The van der Waals surface area contributed by atoms with Gasteiger partial charge in [-0.15, -0.1) is 0 Å². The fourth-order valence-electron chi connectivity index (χ4n) is 3.13. The minimum Gasteiger partial charge on any atom is -0.493 e. The summed E-state index contributed by atoms with van der Waals surface area (Å²) in [7, 11) is 1.60. The van der Waals surface area contributed by atoms with Crippen molar-refractivity contribution < 1.29 is 13.9 Å². The molecule has 5 heteroatoms. The molecular weight excluding hydrogens is 389 g/mol. The van der Waals surface area contributed by atoms with Gasteiger partial charge in [0.1, 0.15) is 12.4 Å². The molecule has 152 valence electrons. The molecule has 0 aliphatic rings. The van der Waals surface area contributed by atoms with E-state index in [1.807, 2.05) is 43.3 Å². The van der Waals surface area contributed by atoms with Crippen LogP contribution in [0.4, 0.5) is 4.39 Å². The Balaban J connectivity index is 1.59. The summed E-state index contributed by atoms with van der Waals surface area (Å²) in [5.74, 6) is 0.955. The van der Waals surface area contributed by atoms with Gasteiger partial charge in [-0.1, -0.05) is 59.6 Å². The summed E-state index contributed by atoms with van der Waals surface area (Å²) in [5, 5.41) is 3.82. The van der Waals surface area contributed by atoms with Crippen LogP contribution in [0.25, 0.3) is 0 Å². The predicted molar refractivity (Wildman–Crippen MR) is 115 cm³/mol. The van der Waals surface area contributed by atoms with Crippen LogP contribution in [0.5, 0.6) is 11.5 Å². The van der Waals surface area contributed by atoms with Gasteiger partial charge in [0.2, 0.25) is 0 Å². The third kappa shape index (κ3) is 5.96. The highest BCUT2D eigenvalue weighted by Crippen LogP contribution is 2.37. The smallest absolute Gasteiger partial charge is 0.180 e. The fourth-order valence-corrected chi connectivity index (χ4v) is 3.42. The number of halogens is 2. The molecular formula is C24H25ClFNO2. The normalized spacial score (nSPS) is 10.8. The van der Waals surface area contributed by atoms with Crippen molar-refractivity contribution in [2.45, 2.75) is 26.5 Å². The summed E-state index contributed by atoms with van der Waals surface area (Å²) in [5.41, 5.74) is 3.93. The van der Waals surface area contributed by atoms with E-state index in [0.29, 0.717) is 48.2 Å². The van der Waals surface area contributed by atoms with Gasteiger partial charge in [-0.05, 0) is 54.8 Å². The molecule has 0 aliphatic heterocycles. The Morgan fingerprint density at radius 1 is 1.00 bits per heavy atom. The van der Waals surface area contributed by atoms with Crippen LogP contribution in [0.15, 0.2) is 60.7 Å². The van der Waals surface area contributed by atoms with Crippen LogP contribution in [0, 0.1) is 12.7 Å². The van der Waals surface area contributed by atoms with E-state index in [2.05, 4.69) is 11.4 Å². The third-order valence-electron chi connectivity index (χ3n) is 4.61. The molecule has 0 heterocycles. The van der Waals surface area contributed by atoms with E-state index in [1.54, 1.807) is 19.2 Å². The molecule has 0 aliphatic carbocycles. The van der Waals surface area contributed by atoms with Gasteiger partial charge in [0.15, 0.2) is 11.5 Å². The number of ether oxygens (including phenoxy) is 2. The minimum atomic E-state index is -0.172. The summed E-state index contributed by atoms with van der Waals surface area (Å²) in [6.07, 6.45) is 0.620. The zero-order valence-electron chi connectivity index (χ0n) is 16.7. The van der Waals surface area contributed by atoms with Crippen LogP contribution in [-0.2, 0) is 19.6 Å². The second kappa shape index (κ2) is 10.3. The first kappa shape index (κ1) is 21.2. The lowest BCUT2D eigenvalue weighted by atomic mass is 10.1. The van der Waals surface area contributed by atoms with Gasteiger partial charge < -0.3 is 14.8 Å². The van der Waals surface area contributed by atoms with Gasteiger partial charge >= 0.3 is 0 Å². The van der Waals surface area contributed by atoms with E-state index in [-0.39, 0.29) is 5.82 Å². The molecule has 3 rings (SSSR count). The fraction of sp³-hybridized carbons (Fsp3) is 0.250. The summed E-state index contributed by atoms with van der Waals surface area (Å²) in [6, 6.07) is 18.7. The molecule has 3 aromatic carbocycles. The van der Waals surface area contributed by atoms with Crippen LogP contribution in [0.1, 0.15) is 22.3 Å². The summed E-state index contributed by atoms with van der Waals surface area (Å²) in [4.78, 5) is 0. The Morgan fingerprint density at radius 3 is 2.59 bits per heavy atom. The minimum absolute atomic E-state index is 0.172. The molecule has 0 unspecified atom stereocenters. The summed E-state index contributed by atoms with van der Waals surface area (Å²) >= 11 is 6.46. The van der Waals surface area contributed by atoms with Crippen LogP contribution in [0.3, 0.4) is 0 Å². The molecule has 0 saturated heterocycles. The standard InChI is InChI=1S/C24H25ClFNO2/c1-17-6-5-7-18(12-17)16-29-24-21(25)13-19(14-23(24)28-2)15-27-11-10-20-8-3-4-9-22(20)26/h3-9,12-14,27H,10-11,15-16H2,1-2H3. The average molecular weight is 414 g/mol. The van der Waals surface area contributed by atoms with Crippen molar-refractivity contribution >= 4 is 11.6 Å². The van der Waals surface area contributed by atoms with Crippen LogP contribution >= 0.6 is 11.6 Å². The number of methoxy groups -OCH3 is 1. The van der Waals surface area contributed by atoms with E-state index in [9.17, 15) is 4.39 Å². The molecule has 0 saturated carbocycles. The Kier molecular flexibility index (Phi) is 7.50. The van der Waals surface area contributed by atoms with Crippen molar-refractivity contribution in [2.24, 2.45) is 0 Å². The molecule has 0 atom stereocenters. The third-order valence-corrected chi connectivity index (χ3v) is 4.89. The molecule has 0 spiro atoms. The van der Waals surface area contributed by atoms with Crippen molar-refractivity contribution in [3.8, 4) is 11.5 Å². The SMILES string of the molecule is COc1cc(CNCCc2ccccc2F)cc(Cl)c1OCc1cccc(C)c1. The largest absolute Gasteiger partial charge is 0.493 e. The number of hydrogen-bond donors (Lipinski definition) is 1. The average Bonchev–Trinajstić information content (AvgIpc) is 2.71. The van der Waals surface area contributed by atoms with Gasteiger partial charge in [-0.3, -0.25) is 0 Å². The lowest BCUT2D eigenvalue weighted by Gasteiger charge is -2.15. The number of hydrogen-bond acceptors (Lipinski definition) is 3. The lowest BCUT2D eigenvalue weighted by molar-refractivity contribution is 0.284. The molecule has 1 N–H and O–H groups in total. The topological polar surface area (TPSA) is 30.5 Å². The second-order valence-electron chi connectivity index (χ2n) is 6.90. The Bertz CT molecular complexity index is 961. The number of aryl methyl sites for hydroxylation is 1. The van der Waals surface area contributed by atoms with Gasteiger partial charge in [0.05, 0.1) is 12.1 Å². The highest BCUT2D eigenvalue weighted by molar-refractivity contribution is 6.32. The van der Waals surface area contributed by atoms with E-state index in [0.717, 1.165) is 11.1 Å². The number of benzene rings is 3. The van der Waals surface area contributed by atoms with Crippen molar-refractivity contribution in [1.82, 2.24) is 5.32 Å². The van der Waals surface area contributed by atoms with E-state index >= 15 is 0 Å². The maximum absolute atomic E-state index is 13.7. The lowest BCUT2D eigenvalue weighted by Crippen LogP contribution is -2.17. The van der Waals surface area contributed by atoms with E-state index in [4.69, 9.17) is 21.1 Å². The Morgan fingerprint density at radius 2 is 1.83 bits per heavy atom. The molecule has 0 amide bonds. The van der Waals surface area contributed by atoms with Gasteiger partial charge in [0.25, 0.3) is 0 Å². The highest BCUT2D eigenvalue weighted by Gasteiger charge is 2.12. The monoisotopic (exact) mass is 413 g/mol. The predicted octanol–water partition coefficient (Wildman–Crippen LogP) is 5.71. The maximum atomic E-state index is 13.7. The maximum Gasteiger partial charge on any atom is 0.180 e. The number of rotatable bonds is 9. The van der Waals surface area contributed by atoms with Crippen molar-refractivity contribution in [1.29, 1.82) is 0 Å². The van der Waals surface area contributed by atoms with Gasteiger partial charge in [-0.2, -0.15) is 0 Å². The van der Waals surface area contributed by atoms with Crippen LogP contribution in [-0.4, -0.2) is 13.7 Å². The molecule has 0 bridgehead atoms. The van der Waals surface area contributed by atoms with Crippen molar-refractivity contribution in [3.05, 3.63) is 93.8 Å². The summed E-state index contributed by atoms with van der Waals surface area (Å²) in [6.45, 7) is 3.72. The first-order valence-electron chi connectivity index (χ1n) is 9.55. The van der Waals surface area contributed by atoms with E-state index < -0.39 is 0 Å². The van der Waals surface area contributed by atoms with Gasteiger partial charge in [-0.25, -0.2) is 4.39 Å². The van der Waals surface area contributed by atoms with E-state index in [1.165, 1.54) is 11.6 Å². The zero-order valence-corrected chi connectivity index (χ0v) is 17.4. The van der Waals surface area contributed by atoms with Gasteiger partial charge in [0, 0.05) is 6.54 Å². The second-order valence-corrected chi connectivity index (χ2v) is 7.31. The molecule has 0 fully saturated rings. The molecule has 3 nitrogen and oxygen atoms in total. The van der Waals surface area contributed by atoms with Crippen LogP contribution in [0.2, 0.25) is 5.02 Å². The molecule has 3 aromatic rings. The Hall–Kier alpha value is -2.56. The number of nitrogens with one attached hydrogen (secondary N) is 1. The summed E-state index contributed by atoms with van der Waals surface area (Å²) < 4.78 is 25.1. The molecule has 0 aromatic heterocycles. The molecule has 29 heavy (non-hydrogen) atoms. The van der Waals surface area contributed by atoms with Crippen molar-refractivity contribution in [2.75, 3.05) is 13.7 Å². The first-order valence-corrected chi connectivity index (χ1v) is 9.93.